The molecule has 1 heterocycles. The first-order chi connectivity index (χ1) is 11.2. The first-order valence-corrected chi connectivity index (χ1v) is 11.9. The van der Waals surface area contributed by atoms with Crippen molar-refractivity contribution in [3.8, 4) is 0 Å². The molecule has 0 saturated carbocycles. The molecule has 0 aliphatic carbocycles. The van der Waals surface area contributed by atoms with Crippen molar-refractivity contribution in [1.82, 2.24) is 4.90 Å². The van der Waals surface area contributed by atoms with Gasteiger partial charge in [-0.3, -0.25) is 4.90 Å². The topological polar surface area (TPSA) is 32.7 Å². The predicted molar refractivity (Wildman–Crippen MR) is 104 cm³/mol. The molecule has 1 aliphatic rings. The summed E-state index contributed by atoms with van der Waals surface area (Å²) in [5.41, 5.74) is 2.42. The molecule has 0 radical (unpaired) electrons. The Morgan fingerprint density at radius 1 is 1.21 bits per heavy atom. The Balaban J connectivity index is 2.17. The summed E-state index contributed by atoms with van der Waals surface area (Å²) in [7, 11) is -1.78. The molecular weight excluding hydrogens is 314 g/mol. The van der Waals surface area contributed by atoms with Crippen LogP contribution < -0.4 is 0 Å². The van der Waals surface area contributed by atoms with Crippen LogP contribution in [0.5, 0.6) is 0 Å². The van der Waals surface area contributed by atoms with Gasteiger partial charge in [0.05, 0.1) is 19.3 Å². The first kappa shape index (κ1) is 19.4. The molecule has 1 atom stereocenters. The molecule has 0 unspecified atom stereocenters. The molecule has 0 bridgehead atoms. The van der Waals surface area contributed by atoms with Crippen molar-refractivity contribution in [1.29, 1.82) is 0 Å². The zero-order valence-electron chi connectivity index (χ0n) is 15.9. The minimum atomic E-state index is -1.78. The lowest BCUT2D eigenvalue weighted by atomic mass is 10.0. The average molecular weight is 348 g/mol. The van der Waals surface area contributed by atoms with Crippen molar-refractivity contribution in [3.63, 3.8) is 0 Å². The van der Waals surface area contributed by atoms with Gasteiger partial charge in [-0.05, 0) is 35.7 Å². The maximum Gasteiger partial charge on any atom is 0.192 e. The van der Waals surface area contributed by atoms with Gasteiger partial charge in [0.15, 0.2) is 8.32 Å². The highest BCUT2D eigenvalue weighted by Gasteiger charge is 2.38. The summed E-state index contributed by atoms with van der Waals surface area (Å²) >= 11 is 0. The fourth-order valence-corrected chi connectivity index (χ4v) is 3.82. The largest absolute Gasteiger partial charge is 0.415 e. The van der Waals surface area contributed by atoms with E-state index in [1.165, 1.54) is 5.56 Å². The zero-order chi connectivity index (χ0) is 17.8. The Bertz CT molecular complexity index is 549. The highest BCUT2D eigenvalue weighted by Crippen LogP contribution is 2.38. The molecule has 1 aromatic rings. The van der Waals surface area contributed by atoms with Crippen molar-refractivity contribution in [2.45, 2.75) is 51.4 Å². The summed E-state index contributed by atoms with van der Waals surface area (Å²) in [5, 5.41) is 9.72. The van der Waals surface area contributed by atoms with Gasteiger partial charge in [-0.15, -0.1) is 0 Å². The minimum absolute atomic E-state index is 0.154. The van der Waals surface area contributed by atoms with Crippen molar-refractivity contribution in [2.24, 2.45) is 0 Å². The fourth-order valence-electron chi connectivity index (χ4n) is 2.81. The molecule has 1 N–H and O–H groups in total. The van der Waals surface area contributed by atoms with Crippen molar-refractivity contribution in [3.05, 3.63) is 47.5 Å². The lowest BCUT2D eigenvalue weighted by Crippen LogP contribution is -2.44. The van der Waals surface area contributed by atoms with E-state index in [9.17, 15) is 5.11 Å². The van der Waals surface area contributed by atoms with Crippen LogP contribution in [0.1, 0.15) is 38.8 Å². The van der Waals surface area contributed by atoms with Crippen LogP contribution in [0.4, 0.5) is 0 Å². The maximum absolute atomic E-state index is 9.51. The fraction of sp³-hybridized carbons (Fsp3) is 0.600. The van der Waals surface area contributed by atoms with Crippen LogP contribution >= 0.6 is 0 Å². The molecule has 0 saturated heterocycles. The third-order valence-corrected chi connectivity index (χ3v) is 9.99. The molecule has 134 valence electrons. The second-order valence-corrected chi connectivity index (χ2v) is 13.1. The molecule has 0 amide bonds. The summed E-state index contributed by atoms with van der Waals surface area (Å²) < 4.78 is 6.55. The van der Waals surface area contributed by atoms with Gasteiger partial charge in [0.25, 0.3) is 0 Å². The molecular formula is C20H33NO2Si. The van der Waals surface area contributed by atoms with Crippen LogP contribution in [0.25, 0.3) is 0 Å². The van der Waals surface area contributed by atoms with Gasteiger partial charge < -0.3 is 9.53 Å². The zero-order valence-corrected chi connectivity index (χ0v) is 16.9. The number of hydrogen-bond donors (Lipinski definition) is 1. The van der Waals surface area contributed by atoms with E-state index in [0.29, 0.717) is 0 Å². The number of hydrogen-bond acceptors (Lipinski definition) is 3. The quantitative estimate of drug-likeness (QED) is 0.612. The van der Waals surface area contributed by atoms with Gasteiger partial charge in [-0.25, -0.2) is 0 Å². The van der Waals surface area contributed by atoms with Gasteiger partial charge in [0.2, 0.25) is 0 Å². The highest BCUT2D eigenvalue weighted by molar-refractivity contribution is 6.74. The SMILES string of the molecule is CC(C)(C)[Si](C)(C)OC[C@@H](c1ccccc1)N1CCC=C(CO)C1. The van der Waals surface area contributed by atoms with Gasteiger partial charge in [-0.1, -0.05) is 57.2 Å². The van der Waals surface area contributed by atoms with Gasteiger partial charge >= 0.3 is 0 Å². The van der Waals surface area contributed by atoms with E-state index < -0.39 is 8.32 Å². The maximum atomic E-state index is 9.51. The predicted octanol–water partition coefficient (Wildman–Crippen LogP) is 4.37. The standard InChI is InChI=1S/C20H33NO2Si/c1-20(2,3)24(4,5)23-16-19(18-11-7-6-8-12-18)21-13-9-10-17(14-21)15-22/h6-8,10-12,19,22H,9,13-16H2,1-5H3/t19-/m0/s1. The Morgan fingerprint density at radius 3 is 2.46 bits per heavy atom. The summed E-state index contributed by atoms with van der Waals surface area (Å²) in [4.78, 5) is 2.45. The van der Waals surface area contributed by atoms with Crippen LogP contribution in [0.15, 0.2) is 42.0 Å². The minimum Gasteiger partial charge on any atom is -0.415 e. The van der Waals surface area contributed by atoms with Gasteiger partial charge in [0.1, 0.15) is 0 Å². The molecule has 3 nitrogen and oxygen atoms in total. The van der Waals surface area contributed by atoms with Crippen LogP contribution in [0, 0.1) is 0 Å². The number of nitrogens with zero attached hydrogens (tertiary/aromatic N) is 1. The second kappa shape index (κ2) is 7.96. The average Bonchev–Trinajstić information content (AvgIpc) is 2.55. The summed E-state index contributed by atoms with van der Waals surface area (Å²) in [6, 6.07) is 10.9. The Morgan fingerprint density at radius 2 is 1.88 bits per heavy atom. The normalized spacial score (nSPS) is 18.3. The number of rotatable bonds is 6. The molecule has 0 fully saturated rings. The van der Waals surface area contributed by atoms with Gasteiger partial charge in [0, 0.05) is 13.1 Å². The molecule has 0 spiro atoms. The Kier molecular flexibility index (Phi) is 6.43. The van der Waals surface area contributed by atoms with Crippen molar-refractivity contribution in [2.75, 3.05) is 26.3 Å². The van der Waals surface area contributed by atoms with Gasteiger partial charge in [-0.2, -0.15) is 0 Å². The lowest BCUT2D eigenvalue weighted by molar-refractivity contribution is 0.129. The number of aliphatic hydroxyl groups is 1. The monoisotopic (exact) mass is 347 g/mol. The van der Waals surface area contributed by atoms with E-state index in [1.54, 1.807) is 0 Å². The van der Waals surface area contributed by atoms with Crippen LogP contribution in [-0.2, 0) is 4.43 Å². The summed E-state index contributed by atoms with van der Waals surface area (Å²) in [6.45, 7) is 14.2. The summed E-state index contributed by atoms with van der Waals surface area (Å²) in [5.74, 6) is 0. The third kappa shape index (κ3) is 4.79. The van der Waals surface area contributed by atoms with Crippen molar-refractivity contribution < 1.29 is 9.53 Å². The van der Waals surface area contributed by atoms with E-state index in [0.717, 1.165) is 31.7 Å². The third-order valence-electron chi connectivity index (χ3n) is 5.49. The van der Waals surface area contributed by atoms with Crippen LogP contribution in [0.2, 0.25) is 18.1 Å². The smallest absolute Gasteiger partial charge is 0.192 e. The van der Waals surface area contributed by atoms with E-state index in [-0.39, 0.29) is 17.7 Å². The van der Waals surface area contributed by atoms with Crippen LogP contribution in [-0.4, -0.2) is 44.6 Å². The number of aliphatic hydroxyl groups excluding tert-OH is 1. The molecule has 24 heavy (non-hydrogen) atoms. The Labute approximate surface area is 148 Å². The number of benzene rings is 1. The molecule has 1 aromatic carbocycles. The van der Waals surface area contributed by atoms with E-state index in [2.05, 4.69) is 75.2 Å². The van der Waals surface area contributed by atoms with Crippen molar-refractivity contribution >= 4 is 8.32 Å². The lowest BCUT2D eigenvalue weighted by Gasteiger charge is -2.40. The molecule has 0 aromatic heterocycles. The van der Waals surface area contributed by atoms with E-state index in [1.807, 2.05) is 0 Å². The molecule has 2 rings (SSSR count). The summed E-state index contributed by atoms with van der Waals surface area (Å²) in [6.07, 6.45) is 3.17. The highest BCUT2D eigenvalue weighted by atomic mass is 28.4. The molecule has 1 aliphatic heterocycles. The van der Waals surface area contributed by atoms with E-state index >= 15 is 0 Å². The van der Waals surface area contributed by atoms with E-state index in [4.69, 9.17) is 4.43 Å². The molecule has 4 heteroatoms. The Hall–Kier alpha value is -0.943. The first-order valence-electron chi connectivity index (χ1n) is 8.96. The van der Waals surface area contributed by atoms with Crippen LogP contribution in [0.3, 0.4) is 0 Å². The second-order valence-electron chi connectivity index (χ2n) is 8.28.